The van der Waals surface area contributed by atoms with Crippen LogP contribution < -0.4 is 10.9 Å². The predicted octanol–water partition coefficient (Wildman–Crippen LogP) is 0.431. The quantitative estimate of drug-likeness (QED) is 0.824. The number of amides is 1. The van der Waals surface area contributed by atoms with Crippen LogP contribution in [0.5, 0.6) is 0 Å². The fourth-order valence-electron chi connectivity index (χ4n) is 1.69. The Morgan fingerprint density at radius 3 is 2.45 bits per heavy atom. The lowest BCUT2D eigenvalue weighted by molar-refractivity contribution is -0.118. The zero-order valence-corrected chi connectivity index (χ0v) is 12.9. The van der Waals surface area contributed by atoms with Crippen molar-refractivity contribution in [3.63, 3.8) is 0 Å². The Kier molecular flexibility index (Phi) is 5.10. The molecule has 20 heavy (non-hydrogen) atoms. The van der Waals surface area contributed by atoms with Gasteiger partial charge in [-0.15, -0.1) is 0 Å². The van der Waals surface area contributed by atoms with Gasteiger partial charge in [0, 0.05) is 17.8 Å². The Hall–Kier alpha value is -1.63. The first-order valence-corrected chi connectivity index (χ1v) is 8.02. The number of sulfone groups is 1. The van der Waals surface area contributed by atoms with Crippen LogP contribution >= 0.6 is 0 Å². The molecule has 6 nitrogen and oxygen atoms in total. The highest BCUT2D eigenvalue weighted by Crippen LogP contribution is 2.04. The number of hydrogen-bond acceptors (Lipinski definition) is 4. The van der Waals surface area contributed by atoms with Crippen LogP contribution in [0.25, 0.3) is 0 Å². The number of nitrogens with one attached hydrogen (secondary N) is 2. The first kappa shape index (κ1) is 16.4. The number of H-pyrrole nitrogens is 1. The van der Waals surface area contributed by atoms with E-state index in [9.17, 15) is 18.0 Å². The molecule has 0 radical (unpaired) electrons. The van der Waals surface area contributed by atoms with Crippen LogP contribution in [0, 0.1) is 13.8 Å². The average molecular weight is 300 g/mol. The maximum absolute atomic E-state index is 11.7. The fourth-order valence-corrected chi connectivity index (χ4v) is 2.49. The Morgan fingerprint density at radius 1 is 1.35 bits per heavy atom. The standard InChI is InChI=1S/C13H20N2O4S/c1-8(2)20(18,19)7-12(16)14-6-11-9(3)5-10(4)15-13(11)17/h5,8H,6-7H2,1-4H3,(H,14,16)(H,15,17). The number of carbonyl (C=O) groups excluding carboxylic acids is 1. The third kappa shape index (κ3) is 4.19. The maximum atomic E-state index is 11.7. The number of aromatic nitrogens is 1. The van der Waals surface area contributed by atoms with Gasteiger partial charge in [-0.05, 0) is 39.3 Å². The van der Waals surface area contributed by atoms with E-state index in [2.05, 4.69) is 10.3 Å². The highest BCUT2D eigenvalue weighted by atomic mass is 32.2. The number of aryl methyl sites for hydroxylation is 2. The minimum absolute atomic E-state index is 0.0217. The van der Waals surface area contributed by atoms with Crippen LogP contribution in [-0.2, 0) is 21.2 Å². The van der Waals surface area contributed by atoms with Gasteiger partial charge in [-0.25, -0.2) is 8.42 Å². The van der Waals surface area contributed by atoms with E-state index in [1.165, 1.54) is 13.8 Å². The van der Waals surface area contributed by atoms with E-state index < -0.39 is 26.7 Å². The van der Waals surface area contributed by atoms with Crippen molar-refractivity contribution in [3.05, 3.63) is 33.2 Å². The van der Waals surface area contributed by atoms with Crippen molar-refractivity contribution in [2.24, 2.45) is 0 Å². The molecule has 0 spiro atoms. The Morgan fingerprint density at radius 2 is 1.95 bits per heavy atom. The highest BCUT2D eigenvalue weighted by Gasteiger charge is 2.20. The summed E-state index contributed by atoms with van der Waals surface area (Å²) in [6.45, 7) is 6.61. The lowest BCUT2D eigenvalue weighted by Gasteiger charge is -2.10. The van der Waals surface area contributed by atoms with Crippen LogP contribution in [0.1, 0.15) is 30.7 Å². The maximum Gasteiger partial charge on any atom is 0.253 e. The number of hydrogen-bond donors (Lipinski definition) is 2. The van der Waals surface area contributed by atoms with Gasteiger partial charge in [-0.1, -0.05) is 0 Å². The van der Waals surface area contributed by atoms with Gasteiger partial charge in [0.1, 0.15) is 5.75 Å². The number of aromatic amines is 1. The summed E-state index contributed by atoms with van der Waals surface area (Å²) in [5.41, 5.74) is 1.67. The van der Waals surface area contributed by atoms with Crippen molar-refractivity contribution in [3.8, 4) is 0 Å². The highest BCUT2D eigenvalue weighted by molar-refractivity contribution is 7.92. The molecule has 1 heterocycles. The molecule has 0 saturated heterocycles. The van der Waals surface area contributed by atoms with E-state index in [4.69, 9.17) is 0 Å². The van der Waals surface area contributed by atoms with Crippen molar-refractivity contribution in [2.75, 3.05) is 5.75 Å². The largest absolute Gasteiger partial charge is 0.351 e. The van der Waals surface area contributed by atoms with E-state index in [0.717, 1.165) is 11.3 Å². The van der Waals surface area contributed by atoms with Crippen molar-refractivity contribution in [1.82, 2.24) is 10.3 Å². The van der Waals surface area contributed by atoms with Crippen LogP contribution in [-0.4, -0.2) is 30.3 Å². The van der Waals surface area contributed by atoms with Crippen LogP contribution in [0.3, 0.4) is 0 Å². The van der Waals surface area contributed by atoms with Gasteiger partial charge in [0.05, 0.1) is 5.25 Å². The van der Waals surface area contributed by atoms with E-state index in [0.29, 0.717) is 5.56 Å². The lowest BCUT2D eigenvalue weighted by Crippen LogP contribution is -2.34. The number of carbonyl (C=O) groups is 1. The molecule has 1 aromatic rings. The first-order valence-electron chi connectivity index (χ1n) is 6.31. The molecule has 0 atom stereocenters. The van der Waals surface area contributed by atoms with Crippen LogP contribution in [0.15, 0.2) is 10.9 Å². The summed E-state index contributed by atoms with van der Waals surface area (Å²) >= 11 is 0. The van der Waals surface area contributed by atoms with Crippen molar-refractivity contribution in [2.45, 2.75) is 39.5 Å². The monoisotopic (exact) mass is 300 g/mol. The normalized spacial score (nSPS) is 11.7. The summed E-state index contributed by atoms with van der Waals surface area (Å²) < 4.78 is 23.2. The lowest BCUT2D eigenvalue weighted by atomic mass is 10.1. The van der Waals surface area contributed by atoms with E-state index in [1.807, 2.05) is 0 Å². The SMILES string of the molecule is Cc1cc(C)c(CNC(=O)CS(=O)(=O)C(C)C)c(=O)[nH]1. The molecule has 0 bridgehead atoms. The fraction of sp³-hybridized carbons (Fsp3) is 0.538. The zero-order valence-electron chi connectivity index (χ0n) is 12.1. The minimum atomic E-state index is -3.43. The van der Waals surface area contributed by atoms with Gasteiger partial charge in [0.15, 0.2) is 9.84 Å². The van der Waals surface area contributed by atoms with Crippen LogP contribution in [0.4, 0.5) is 0 Å². The number of rotatable bonds is 5. The van der Waals surface area contributed by atoms with Gasteiger partial charge in [-0.2, -0.15) is 0 Å². The molecule has 0 aliphatic rings. The van der Waals surface area contributed by atoms with Crippen molar-refractivity contribution >= 4 is 15.7 Å². The molecular formula is C13H20N2O4S. The smallest absolute Gasteiger partial charge is 0.253 e. The Balaban J connectivity index is 2.74. The zero-order chi connectivity index (χ0) is 15.5. The second-order valence-corrected chi connectivity index (χ2v) is 7.63. The molecule has 0 saturated carbocycles. The molecule has 112 valence electrons. The van der Waals surface area contributed by atoms with Crippen molar-refractivity contribution < 1.29 is 13.2 Å². The summed E-state index contributed by atoms with van der Waals surface area (Å²) in [5, 5.41) is 1.87. The van der Waals surface area contributed by atoms with Gasteiger partial charge in [-0.3, -0.25) is 9.59 Å². The molecule has 0 aromatic carbocycles. The van der Waals surface area contributed by atoms with Gasteiger partial charge in [0.2, 0.25) is 5.91 Å². The molecule has 0 fully saturated rings. The Labute approximate surface area is 118 Å². The molecule has 1 amide bonds. The molecule has 1 rings (SSSR count). The Bertz CT molecular complexity index is 659. The molecule has 7 heteroatoms. The van der Waals surface area contributed by atoms with Crippen LogP contribution in [0.2, 0.25) is 0 Å². The van der Waals surface area contributed by atoms with E-state index >= 15 is 0 Å². The summed E-state index contributed by atoms with van der Waals surface area (Å²) in [6.07, 6.45) is 0. The minimum Gasteiger partial charge on any atom is -0.351 e. The van der Waals surface area contributed by atoms with E-state index in [1.54, 1.807) is 19.9 Å². The molecular weight excluding hydrogens is 280 g/mol. The third-order valence-corrected chi connectivity index (χ3v) is 5.11. The summed E-state index contributed by atoms with van der Waals surface area (Å²) in [7, 11) is -3.43. The summed E-state index contributed by atoms with van der Waals surface area (Å²) in [6, 6.07) is 1.80. The molecule has 2 N–H and O–H groups in total. The second kappa shape index (κ2) is 6.21. The van der Waals surface area contributed by atoms with Gasteiger partial charge in [0.25, 0.3) is 5.56 Å². The first-order chi connectivity index (χ1) is 9.13. The van der Waals surface area contributed by atoms with Crippen molar-refractivity contribution in [1.29, 1.82) is 0 Å². The molecule has 0 aliphatic heterocycles. The summed E-state index contributed by atoms with van der Waals surface area (Å²) in [5.74, 6) is -1.16. The predicted molar refractivity (Wildman–Crippen MR) is 77.3 cm³/mol. The second-order valence-electron chi connectivity index (χ2n) is 5.08. The third-order valence-electron chi connectivity index (χ3n) is 3.01. The number of pyridine rings is 1. The van der Waals surface area contributed by atoms with E-state index in [-0.39, 0.29) is 12.1 Å². The molecule has 0 unspecified atom stereocenters. The van der Waals surface area contributed by atoms with Gasteiger partial charge < -0.3 is 10.3 Å². The topological polar surface area (TPSA) is 96.1 Å². The summed E-state index contributed by atoms with van der Waals surface area (Å²) in [4.78, 5) is 26.0. The molecule has 1 aromatic heterocycles. The molecule has 0 aliphatic carbocycles. The average Bonchev–Trinajstić information content (AvgIpc) is 2.26. The van der Waals surface area contributed by atoms with Gasteiger partial charge >= 0.3 is 0 Å².